The van der Waals surface area contributed by atoms with E-state index in [1.807, 2.05) is 0 Å². The standard InChI is InChI=1S/C9H8N2O3S/c1-4-5(9(13)14)6-7(15-4)10-3-11(2)8(6)12/h3H,1-2H3,(H,13,14). The van der Waals surface area contributed by atoms with Crippen molar-refractivity contribution >= 4 is 27.5 Å². The Hall–Kier alpha value is -1.69. The number of hydrogen-bond acceptors (Lipinski definition) is 4. The lowest BCUT2D eigenvalue weighted by atomic mass is 10.2. The van der Waals surface area contributed by atoms with E-state index in [9.17, 15) is 9.59 Å². The molecule has 0 bridgehead atoms. The third-order valence-corrected chi connectivity index (χ3v) is 3.18. The first-order valence-electron chi connectivity index (χ1n) is 4.20. The van der Waals surface area contributed by atoms with Gasteiger partial charge in [-0.05, 0) is 6.92 Å². The highest BCUT2D eigenvalue weighted by molar-refractivity contribution is 7.19. The third kappa shape index (κ3) is 1.33. The van der Waals surface area contributed by atoms with Gasteiger partial charge in [0, 0.05) is 11.9 Å². The topological polar surface area (TPSA) is 72.2 Å². The minimum absolute atomic E-state index is 0.0729. The van der Waals surface area contributed by atoms with Crippen LogP contribution in [0.15, 0.2) is 11.1 Å². The second kappa shape index (κ2) is 3.16. The Labute approximate surface area is 88.6 Å². The van der Waals surface area contributed by atoms with Gasteiger partial charge < -0.3 is 9.67 Å². The summed E-state index contributed by atoms with van der Waals surface area (Å²) < 4.78 is 1.28. The van der Waals surface area contributed by atoms with Crippen molar-refractivity contribution in [1.82, 2.24) is 9.55 Å². The molecule has 0 atom stereocenters. The molecule has 0 unspecified atom stereocenters. The van der Waals surface area contributed by atoms with Crippen LogP contribution in [0.3, 0.4) is 0 Å². The zero-order valence-corrected chi connectivity index (χ0v) is 8.96. The van der Waals surface area contributed by atoms with E-state index in [2.05, 4.69) is 4.98 Å². The highest BCUT2D eigenvalue weighted by Gasteiger charge is 2.19. The summed E-state index contributed by atoms with van der Waals surface area (Å²) in [5.41, 5.74) is -0.245. The second-order valence-electron chi connectivity index (χ2n) is 3.18. The molecule has 2 aromatic heterocycles. The van der Waals surface area contributed by atoms with Crippen molar-refractivity contribution in [3.05, 3.63) is 27.1 Å². The lowest BCUT2D eigenvalue weighted by Gasteiger charge is -1.96. The van der Waals surface area contributed by atoms with Gasteiger partial charge in [0.05, 0.1) is 17.3 Å². The first-order valence-corrected chi connectivity index (χ1v) is 5.02. The fraction of sp³-hybridized carbons (Fsp3) is 0.222. The molecule has 0 saturated heterocycles. The van der Waals surface area contributed by atoms with Crippen LogP contribution in [0.25, 0.3) is 10.2 Å². The number of carboxylic acids is 1. The van der Waals surface area contributed by atoms with Crippen LogP contribution in [-0.4, -0.2) is 20.6 Å². The average molecular weight is 224 g/mol. The van der Waals surface area contributed by atoms with E-state index in [1.165, 1.54) is 22.2 Å². The molecule has 2 heterocycles. The summed E-state index contributed by atoms with van der Waals surface area (Å²) in [5, 5.41) is 9.20. The van der Waals surface area contributed by atoms with Gasteiger partial charge in [-0.3, -0.25) is 4.79 Å². The Bertz CT molecular complexity index is 612. The lowest BCUT2D eigenvalue weighted by molar-refractivity contribution is 0.0698. The summed E-state index contributed by atoms with van der Waals surface area (Å²) in [4.78, 5) is 27.8. The van der Waals surface area contributed by atoms with E-state index in [4.69, 9.17) is 5.11 Å². The predicted molar refractivity (Wildman–Crippen MR) is 56.6 cm³/mol. The van der Waals surface area contributed by atoms with Gasteiger partial charge in [-0.2, -0.15) is 0 Å². The molecule has 0 aliphatic carbocycles. The lowest BCUT2D eigenvalue weighted by Crippen LogP contribution is -2.18. The fourth-order valence-electron chi connectivity index (χ4n) is 1.44. The summed E-state index contributed by atoms with van der Waals surface area (Å²) in [6.07, 6.45) is 1.40. The van der Waals surface area contributed by atoms with Gasteiger partial charge in [-0.15, -0.1) is 11.3 Å². The number of aromatic carboxylic acids is 1. The van der Waals surface area contributed by atoms with E-state index in [1.54, 1.807) is 14.0 Å². The van der Waals surface area contributed by atoms with Crippen LogP contribution < -0.4 is 5.56 Å². The minimum atomic E-state index is -1.08. The minimum Gasteiger partial charge on any atom is -0.478 e. The molecule has 0 saturated carbocycles. The van der Waals surface area contributed by atoms with Crippen molar-refractivity contribution in [2.24, 2.45) is 7.05 Å². The second-order valence-corrected chi connectivity index (χ2v) is 4.38. The van der Waals surface area contributed by atoms with Gasteiger partial charge in [0.2, 0.25) is 0 Å². The molecule has 0 aliphatic rings. The number of aryl methyl sites for hydroxylation is 2. The normalized spacial score (nSPS) is 10.8. The number of fused-ring (bicyclic) bond motifs is 1. The Kier molecular flexibility index (Phi) is 2.08. The molecular weight excluding hydrogens is 216 g/mol. The molecule has 2 aromatic rings. The monoisotopic (exact) mass is 224 g/mol. The molecular formula is C9H8N2O3S. The number of nitrogens with zero attached hydrogens (tertiary/aromatic N) is 2. The maximum atomic E-state index is 11.7. The Morgan fingerprint density at radius 2 is 2.27 bits per heavy atom. The van der Waals surface area contributed by atoms with Crippen molar-refractivity contribution in [2.75, 3.05) is 0 Å². The van der Waals surface area contributed by atoms with Crippen LogP contribution in [0.4, 0.5) is 0 Å². The number of rotatable bonds is 1. The summed E-state index contributed by atoms with van der Waals surface area (Å²) in [6.45, 7) is 1.68. The van der Waals surface area contributed by atoms with Crippen molar-refractivity contribution < 1.29 is 9.90 Å². The maximum absolute atomic E-state index is 11.7. The van der Waals surface area contributed by atoms with Crippen LogP contribution in [0.5, 0.6) is 0 Å². The molecule has 0 radical (unpaired) electrons. The molecule has 0 fully saturated rings. The van der Waals surface area contributed by atoms with Crippen LogP contribution in [-0.2, 0) is 7.05 Å². The summed E-state index contributed by atoms with van der Waals surface area (Å²) in [7, 11) is 1.55. The molecule has 78 valence electrons. The van der Waals surface area contributed by atoms with Crippen molar-refractivity contribution in [2.45, 2.75) is 6.92 Å². The van der Waals surface area contributed by atoms with E-state index < -0.39 is 5.97 Å². The third-order valence-electron chi connectivity index (χ3n) is 2.16. The van der Waals surface area contributed by atoms with Crippen LogP contribution in [0, 0.1) is 6.92 Å². The highest BCUT2D eigenvalue weighted by atomic mass is 32.1. The number of carbonyl (C=O) groups is 1. The zero-order chi connectivity index (χ0) is 11.2. The van der Waals surface area contributed by atoms with Crippen molar-refractivity contribution in [1.29, 1.82) is 0 Å². The van der Waals surface area contributed by atoms with Gasteiger partial charge in [0.1, 0.15) is 4.83 Å². The smallest absolute Gasteiger partial charge is 0.337 e. The summed E-state index contributed by atoms with van der Waals surface area (Å²) >= 11 is 1.22. The Morgan fingerprint density at radius 3 is 2.87 bits per heavy atom. The molecule has 6 heteroatoms. The van der Waals surface area contributed by atoms with Gasteiger partial charge >= 0.3 is 5.97 Å². The maximum Gasteiger partial charge on any atom is 0.337 e. The SMILES string of the molecule is Cc1sc2ncn(C)c(=O)c2c1C(=O)O. The molecule has 0 aliphatic heterocycles. The molecule has 15 heavy (non-hydrogen) atoms. The molecule has 0 amide bonds. The van der Waals surface area contributed by atoms with Gasteiger partial charge in [0.25, 0.3) is 5.56 Å². The molecule has 1 N–H and O–H groups in total. The van der Waals surface area contributed by atoms with Crippen LogP contribution in [0.2, 0.25) is 0 Å². The Balaban J connectivity index is 3.03. The average Bonchev–Trinajstić information content (AvgIpc) is 2.49. The van der Waals surface area contributed by atoms with Gasteiger partial charge in [-0.1, -0.05) is 0 Å². The first-order chi connectivity index (χ1) is 7.02. The quantitative estimate of drug-likeness (QED) is 0.784. The molecule has 5 nitrogen and oxygen atoms in total. The number of carboxylic acid groups (broad SMARTS) is 1. The summed E-state index contributed by atoms with van der Waals surface area (Å²) in [6, 6.07) is 0. The van der Waals surface area contributed by atoms with Crippen LogP contribution >= 0.6 is 11.3 Å². The number of aromatic nitrogens is 2. The number of thiophene rings is 1. The fourth-order valence-corrected chi connectivity index (χ4v) is 2.42. The Morgan fingerprint density at radius 1 is 1.60 bits per heavy atom. The van der Waals surface area contributed by atoms with E-state index in [-0.39, 0.29) is 16.5 Å². The molecule has 0 aromatic carbocycles. The molecule has 2 rings (SSSR count). The van der Waals surface area contributed by atoms with E-state index >= 15 is 0 Å². The van der Waals surface area contributed by atoms with Gasteiger partial charge in [-0.25, -0.2) is 9.78 Å². The van der Waals surface area contributed by atoms with Crippen molar-refractivity contribution in [3.8, 4) is 0 Å². The zero-order valence-electron chi connectivity index (χ0n) is 8.14. The van der Waals surface area contributed by atoms with Crippen LogP contribution in [0.1, 0.15) is 15.2 Å². The number of hydrogen-bond donors (Lipinski definition) is 1. The van der Waals surface area contributed by atoms with E-state index in [0.717, 1.165) is 0 Å². The van der Waals surface area contributed by atoms with E-state index in [0.29, 0.717) is 9.71 Å². The van der Waals surface area contributed by atoms with Crippen molar-refractivity contribution in [3.63, 3.8) is 0 Å². The highest BCUT2D eigenvalue weighted by Crippen LogP contribution is 2.26. The largest absolute Gasteiger partial charge is 0.478 e. The van der Waals surface area contributed by atoms with Gasteiger partial charge in [0.15, 0.2) is 0 Å². The molecule has 0 spiro atoms. The first kappa shape index (κ1) is 9.85. The summed E-state index contributed by atoms with van der Waals surface area (Å²) in [5.74, 6) is -1.08. The predicted octanol–water partition coefficient (Wildman–Crippen LogP) is 1.00.